The van der Waals surface area contributed by atoms with Gasteiger partial charge in [0, 0.05) is 6.54 Å². The molecular weight excluding hydrogens is 236 g/mol. The highest BCUT2D eigenvalue weighted by atomic mass is 16.3. The average molecular weight is 252 g/mol. The van der Waals surface area contributed by atoms with Crippen LogP contribution >= 0.6 is 0 Å². The summed E-state index contributed by atoms with van der Waals surface area (Å²) in [6, 6.07) is 11.6. The average Bonchev–Trinajstić information content (AvgIpc) is 2.76. The van der Waals surface area contributed by atoms with Gasteiger partial charge in [0.2, 0.25) is 0 Å². The van der Waals surface area contributed by atoms with Gasteiger partial charge >= 0.3 is 0 Å². The van der Waals surface area contributed by atoms with Crippen molar-refractivity contribution in [2.24, 2.45) is 0 Å². The first-order valence-corrected chi connectivity index (χ1v) is 6.33. The van der Waals surface area contributed by atoms with E-state index >= 15 is 0 Å². The monoisotopic (exact) mass is 252 g/mol. The van der Waals surface area contributed by atoms with Crippen LogP contribution in [0.4, 0.5) is 0 Å². The molecule has 0 fully saturated rings. The Bertz CT molecular complexity index is 726. The lowest BCUT2D eigenvalue weighted by Gasteiger charge is -2.06. The first kappa shape index (κ1) is 11.8. The van der Waals surface area contributed by atoms with Gasteiger partial charge in [-0.05, 0) is 54.8 Å². The van der Waals surface area contributed by atoms with Crippen LogP contribution < -0.4 is 0 Å². The highest BCUT2D eigenvalue weighted by molar-refractivity contribution is 5.77. The first-order chi connectivity index (χ1) is 9.13. The SMILES string of the molecule is Cc1cc2ncn(Cc3ccc(O)cc3)c2cc1C. The molecule has 0 saturated carbocycles. The van der Waals surface area contributed by atoms with E-state index in [1.807, 2.05) is 18.5 Å². The lowest BCUT2D eigenvalue weighted by molar-refractivity contribution is 0.475. The van der Waals surface area contributed by atoms with Gasteiger partial charge in [0.15, 0.2) is 0 Å². The van der Waals surface area contributed by atoms with E-state index in [-0.39, 0.29) is 0 Å². The highest BCUT2D eigenvalue weighted by Crippen LogP contribution is 2.20. The normalized spacial score (nSPS) is 11.1. The molecule has 0 aliphatic carbocycles. The third-order valence-corrected chi connectivity index (χ3v) is 3.53. The third-order valence-electron chi connectivity index (χ3n) is 3.53. The minimum absolute atomic E-state index is 0.297. The number of aromatic hydroxyl groups is 1. The zero-order chi connectivity index (χ0) is 13.4. The van der Waals surface area contributed by atoms with Gasteiger partial charge in [-0.25, -0.2) is 4.98 Å². The molecule has 3 heteroatoms. The van der Waals surface area contributed by atoms with Crippen LogP contribution in [0, 0.1) is 13.8 Å². The van der Waals surface area contributed by atoms with Gasteiger partial charge in [0.25, 0.3) is 0 Å². The molecule has 1 N–H and O–H groups in total. The third kappa shape index (κ3) is 2.19. The van der Waals surface area contributed by atoms with Crippen molar-refractivity contribution in [2.45, 2.75) is 20.4 Å². The summed E-state index contributed by atoms with van der Waals surface area (Å²) in [7, 11) is 0. The fourth-order valence-electron chi connectivity index (χ4n) is 2.24. The van der Waals surface area contributed by atoms with Crippen molar-refractivity contribution in [3.8, 4) is 5.75 Å². The van der Waals surface area contributed by atoms with Gasteiger partial charge in [-0.1, -0.05) is 12.1 Å². The number of aromatic nitrogens is 2. The molecule has 1 heterocycles. The summed E-state index contributed by atoms with van der Waals surface area (Å²) in [5.74, 6) is 0.297. The second-order valence-corrected chi connectivity index (χ2v) is 4.96. The molecule has 0 atom stereocenters. The van der Waals surface area contributed by atoms with Crippen molar-refractivity contribution in [3.05, 3.63) is 59.4 Å². The second-order valence-electron chi connectivity index (χ2n) is 4.96. The molecule has 3 rings (SSSR count). The van der Waals surface area contributed by atoms with Crippen molar-refractivity contribution >= 4 is 11.0 Å². The molecule has 96 valence electrons. The van der Waals surface area contributed by atoms with Gasteiger partial charge in [-0.15, -0.1) is 0 Å². The number of phenols is 1. The smallest absolute Gasteiger partial charge is 0.115 e. The Hall–Kier alpha value is -2.29. The van der Waals surface area contributed by atoms with Crippen molar-refractivity contribution in [3.63, 3.8) is 0 Å². The van der Waals surface area contributed by atoms with Gasteiger partial charge in [-0.3, -0.25) is 0 Å². The molecule has 0 radical (unpaired) electrons. The van der Waals surface area contributed by atoms with E-state index in [0.29, 0.717) is 5.75 Å². The predicted octanol–water partition coefficient (Wildman–Crippen LogP) is 3.41. The summed E-state index contributed by atoms with van der Waals surface area (Å²) >= 11 is 0. The zero-order valence-electron chi connectivity index (χ0n) is 11.1. The van der Waals surface area contributed by atoms with E-state index in [2.05, 4.69) is 35.5 Å². The Morgan fingerprint density at radius 2 is 1.74 bits per heavy atom. The minimum atomic E-state index is 0.297. The predicted molar refractivity (Wildman–Crippen MR) is 76.4 cm³/mol. The van der Waals surface area contributed by atoms with Crippen molar-refractivity contribution in [1.29, 1.82) is 0 Å². The maximum atomic E-state index is 9.30. The van der Waals surface area contributed by atoms with Crippen LogP contribution in [0.3, 0.4) is 0 Å². The first-order valence-electron chi connectivity index (χ1n) is 6.33. The van der Waals surface area contributed by atoms with Crippen LogP contribution in [0.5, 0.6) is 5.75 Å². The summed E-state index contributed by atoms with van der Waals surface area (Å²) in [6.45, 7) is 4.99. The van der Waals surface area contributed by atoms with Gasteiger partial charge in [-0.2, -0.15) is 0 Å². The molecule has 0 aliphatic rings. The number of nitrogens with zero attached hydrogens (tertiary/aromatic N) is 2. The van der Waals surface area contributed by atoms with Crippen molar-refractivity contribution < 1.29 is 5.11 Å². The quantitative estimate of drug-likeness (QED) is 0.759. The Balaban J connectivity index is 2.01. The van der Waals surface area contributed by atoms with Crippen molar-refractivity contribution in [2.75, 3.05) is 0 Å². The van der Waals surface area contributed by atoms with E-state index in [1.54, 1.807) is 12.1 Å². The lowest BCUT2D eigenvalue weighted by Crippen LogP contribution is -1.98. The number of imidazole rings is 1. The maximum Gasteiger partial charge on any atom is 0.115 e. The van der Waals surface area contributed by atoms with Gasteiger partial charge in [0.05, 0.1) is 17.4 Å². The molecule has 2 aromatic carbocycles. The Labute approximate surface area is 112 Å². The number of aryl methyl sites for hydroxylation is 2. The number of hydrogen-bond acceptors (Lipinski definition) is 2. The largest absolute Gasteiger partial charge is 0.508 e. The van der Waals surface area contributed by atoms with E-state index in [4.69, 9.17) is 0 Å². The second kappa shape index (κ2) is 4.43. The van der Waals surface area contributed by atoms with E-state index in [1.165, 1.54) is 11.1 Å². The summed E-state index contributed by atoms with van der Waals surface area (Å²) in [4.78, 5) is 4.45. The Morgan fingerprint density at radius 3 is 2.47 bits per heavy atom. The Kier molecular flexibility index (Phi) is 2.75. The van der Waals surface area contributed by atoms with Gasteiger partial charge < -0.3 is 9.67 Å². The number of benzene rings is 2. The molecule has 0 saturated heterocycles. The number of hydrogen-bond donors (Lipinski definition) is 1. The molecule has 0 spiro atoms. The Morgan fingerprint density at radius 1 is 1.05 bits per heavy atom. The van der Waals surface area contributed by atoms with Crippen LogP contribution in [0.25, 0.3) is 11.0 Å². The van der Waals surface area contributed by atoms with Gasteiger partial charge in [0.1, 0.15) is 5.75 Å². The fraction of sp³-hybridized carbons (Fsp3) is 0.188. The molecule has 19 heavy (non-hydrogen) atoms. The molecule has 0 bridgehead atoms. The van der Waals surface area contributed by atoms with Crippen LogP contribution in [0.1, 0.15) is 16.7 Å². The molecule has 0 amide bonds. The number of rotatable bonds is 2. The van der Waals surface area contributed by atoms with Crippen LogP contribution in [0.2, 0.25) is 0 Å². The number of phenolic OH excluding ortho intramolecular Hbond substituents is 1. The maximum absolute atomic E-state index is 9.30. The molecule has 3 aromatic rings. The van der Waals surface area contributed by atoms with E-state index < -0.39 is 0 Å². The molecule has 0 unspecified atom stereocenters. The summed E-state index contributed by atoms with van der Waals surface area (Å²) in [6.07, 6.45) is 1.87. The van der Waals surface area contributed by atoms with E-state index in [0.717, 1.165) is 23.1 Å². The number of fused-ring (bicyclic) bond motifs is 1. The molecular formula is C16H16N2O. The molecule has 1 aromatic heterocycles. The summed E-state index contributed by atoms with van der Waals surface area (Å²) < 4.78 is 2.13. The highest BCUT2D eigenvalue weighted by Gasteiger charge is 2.05. The van der Waals surface area contributed by atoms with Crippen LogP contribution in [-0.2, 0) is 6.54 Å². The van der Waals surface area contributed by atoms with Crippen molar-refractivity contribution in [1.82, 2.24) is 9.55 Å². The fourth-order valence-corrected chi connectivity index (χ4v) is 2.24. The molecule has 0 aliphatic heterocycles. The van der Waals surface area contributed by atoms with Crippen LogP contribution in [0.15, 0.2) is 42.7 Å². The molecule has 3 nitrogen and oxygen atoms in total. The zero-order valence-corrected chi connectivity index (χ0v) is 11.1. The minimum Gasteiger partial charge on any atom is -0.508 e. The standard InChI is InChI=1S/C16H16N2O/c1-11-7-15-16(8-12(11)2)18(10-17-15)9-13-3-5-14(19)6-4-13/h3-8,10,19H,9H2,1-2H3. The van der Waals surface area contributed by atoms with E-state index in [9.17, 15) is 5.11 Å². The van der Waals surface area contributed by atoms with Crippen LogP contribution in [-0.4, -0.2) is 14.7 Å². The summed E-state index contributed by atoms with van der Waals surface area (Å²) in [5.41, 5.74) is 5.87. The summed E-state index contributed by atoms with van der Waals surface area (Å²) in [5, 5.41) is 9.30. The lowest BCUT2D eigenvalue weighted by atomic mass is 10.1. The topological polar surface area (TPSA) is 38.0 Å².